The van der Waals surface area contributed by atoms with Crippen LogP contribution in [0.3, 0.4) is 0 Å². The topological polar surface area (TPSA) is 17.1 Å². The van der Waals surface area contributed by atoms with Crippen LogP contribution in [-0.4, -0.2) is 5.78 Å². The van der Waals surface area contributed by atoms with E-state index in [1.54, 1.807) is 0 Å². The quantitative estimate of drug-likeness (QED) is 0.554. The van der Waals surface area contributed by atoms with Crippen LogP contribution in [0, 0.1) is 22.2 Å². The number of ketones is 1. The molecule has 0 amide bonds. The lowest BCUT2D eigenvalue weighted by molar-refractivity contribution is -0.120. The van der Waals surface area contributed by atoms with Gasteiger partial charge in [0.25, 0.3) is 0 Å². The molecule has 2 unspecified atom stereocenters. The summed E-state index contributed by atoms with van der Waals surface area (Å²) in [5.41, 5.74) is 1.53. The summed E-state index contributed by atoms with van der Waals surface area (Å²) in [5, 5.41) is 0. The van der Waals surface area contributed by atoms with Crippen molar-refractivity contribution >= 4 is 5.78 Å². The standard InChI is InChI=1S/C12H16O/c1-10-5-6-11-3-2-4-12(10,11)9(10)8(13)7-11/h9H,2-7H2,1H3/t9?,10?,11-,12-/m0/s1. The van der Waals surface area contributed by atoms with Gasteiger partial charge < -0.3 is 0 Å². The molecule has 0 saturated heterocycles. The van der Waals surface area contributed by atoms with E-state index < -0.39 is 0 Å². The van der Waals surface area contributed by atoms with Crippen molar-refractivity contribution in [2.24, 2.45) is 22.2 Å². The van der Waals surface area contributed by atoms with E-state index in [4.69, 9.17) is 0 Å². The second kappa shape index (κ2) is 1.51. The minimum Gasteiger partial charge on any atom is -0.299 e. The van der Waals surface area contributed by atoms with Crippen molar-refractivity contribution < 1.29 is 4.79 Å². The molecule has 1 spiro atoms. The molecule has 4 fully saturated rings. The van der Waals surface area contributed by atoms with Crippen LogP contribution in [0.1, 0.15) is 45.4 Å². The van der Waals surface area contributed by atoms with Crippen molar-refractivity contribution in [3.63, 3.8) is 0 Å². The summed E-state index contributed by atoms with van der Waals surface area (Å²) >= 11 is 0. The van der Waals surface area contributed by atoms with E-state index in [1.807, 2.05) is 0 Å². The Morgan fingerprint density at radius 2 is 2.08 bits per heavy atom. The van der Waals surface area contributed by atoms with Crippen LogP contribution in [0.25, 0.3) is 0 Å². The van der Waals surface area contributed by atoms with E-state index in [0.29, 0.717) is 27.9 Å². The van der Waals surface area contributed by atoms with E-state index in [9.17, 15) is 4.79 Å². The van der Waals surface area contributed by atoms with Gasteiger partial charge in [-0.05, 0) is 41.9 Å². The van der Waals surface area contributed by atoms with Gasteiger partial charge in [0, 0.05) is 12.3 Å². The molecule has 13 heavy (non-hydrogen) atoms. The Labute approximate surface area is 78.9 Å². The van der Waals surface area contributed by atoms with Gasteiger partial charge in [-0.3, -0.25) is 4.79 Å². The molecule has 0 aliphatic heterocycles. The number of fused-ring (bicyclic) bond motifs is 1. The lowest BCUT2D eigenvalue weighted by Crippen LogP contribution is -2.22. The van der Waals surface area contributed by atoms with Crippen molar-refractivity contribution in [3.8, 4) is 0 Å². The van der Waals surface area contributed by atoms with Crippen LogP contribution in [-0.2, 0) is 4.79 Å². The summed E-state index contributed by atoms with van der Waals surface area (Å²) in [6, 6.07) is 0. The molecular formula is C12H16O. The first-order valence-corrected chi connectivity index (χ1v) is 5.69. The molecule has 0 aromatic carbocycles. The van der Waals surface area contributed by atoms with Gasteiger partial charge in [0.2, 0.25) is 0 Å². The van der Waals surface area contributed by atoms with Gasteiger partial charge in [-0.15, -0.1) is 0 Å². The Kier molecular flexibility index (Phi) is 0.816. The first kappa shape index (κ1) is 7.03. The Morgan fingerprint density at radius 3 is 2.77 bits per heavy atom. The highest BCUT2D eigenvalue weighted by molar-refractivity contribution is 5.92. The fraction of sp³-hybridized carbons (Fsp3) is 0.917. The molecule has 0 heterocycles. The summed E-state index contributed by atoms with van der Waals surface area (Å²) in [7, 11) is 0. The minimum atomic E-state index is 0.471. The van der Waals surface area contributed by atoms with Crippen molar-refractivity contribution in [1.29, 1.82) is 0 Å². The van der Waals surface area contributed by atoms with Crippen LogP contribution in [0.2, 0.25) is 0 Å². The number of carbonyl (C=O) groups excluding carboxylic acids is 1. The van der Waals surface area contributed by atoms with Crippen molar-refractivity contribution in [1.82, 2.24) is 0 Å². The zero-order valence-corrected chi connectivity index (χ0v) is 8.23. The SMILES string of the molecule is CC12CC[C@]34CCC[C@]13C2C(=O)C4. The van der Waals surface area contributed by atoms with Crippen molar-refractivity contribution in [3.05, 3.63) is 0 Å². The Hall–Kier alpha value is -0.330. The summed E-state index contributed by atoms with van der Waals surface area (Å²) in [6.07, 6.45) is 7.81. The monoisotopic (exact) mass is 176 g/mol. The Morgan fingerprint density at radius 1 is 1.23 bits per heavy atom. The molecule has 0 aromatic heterocycles. The molecule has 70 valence electrons. The van der Waals surface area contributed by atoms with Crippen LogP contribution in [0.15, 0.2) is 0 Å². The zero-order valence-electron chi connectivity index (χ0n) is 8.23. The maximum absolute atomic E-state index is 11.9. The molecule has 4 atom stereocenters. The number of carbonyl (C=O) groups is 1. The molecule has 4 saturated carbocycles. The average Bonchev–Trinajstić information content (AvgIpc) is 2.37. The molecule has 0 aromatic rings. The van der Waals surface area contributed by atoms with Gasteiger partial charge in [0.05, 0.1) is 0 Å². The minimum absolute atomic E-state index is 0.471. The number of hydrogen-bond donors (Lipinski definition) is 0. The first-order chi connectivity index (χ1) is 6.16. The van der Waals surface area contributed by atoms with E-state index in [1.165, 1.54) is 32.1 Å². The normalized spacial score (nSPS) is 66.8. The molecule has 0 bridgehead atoms. The summed E-state index contributed by atoms with van der Waals surface area (Å²) in [6.45, 7) is 2.39. The number of rotatable bonds is 0. The van der Waals surface area contributed by atoms with Crippen LogP contribution >= 0.6 is 0 Å². The third-order valence-electron chi connectivity index (χ3n) is 6.20. The van der Waals surface area contributed by atoms with Gasteiger partial charge >= 0.3 is 0 Å². The molecule has 0 radical (unpaired) electrons. The lowest BCUT2D eigenvalue weighted by atomic mass is 9.76. The van der Waals surface area contributed by atoms with Gasteiger partial charge in [-0.2, -0.15) is 0 Å². The van der Waals surface area contributed by atoms with Crippen molar-refractivity contribution in [2.45, 2.75) is 45.4 Å². The van der Waals surface area contributed by atoms with Gasteiger partial charge in [0.15, 0.2) is 0 Å². The molecule has 4 aliphatic carbocycles. The molecule has 0 N–H and O–H groups in total. The maximum Gasteiger partial charge on any atom is 0.137 e. The molecule has 1 nitrogen and oxygen atoms in total. The maximum atomic E-state index is 11.9. The Bertz CT molecular complexity index is 334. The average molecular weight is 176 g/mol. The fourth-order valence-corrected chi connectivity index (χ4v) is 5.91. The number of Topliss-reactive ketones (excluding diaryl/α,β-unsaturated/α-hetero) is 1. The molecule has 4 aliphatic rings. The highest BCUT2D eigenvalue weighted by Gasteiger charge is 2.90. The van der Waals surface area contributed by atoms with E-state index in [2.05, 4.69) is 6.92 Å². The largest absolute Gasteiger partial charge is 0.299 e. The second-order valence-electron chi connectivity index (χ2n) is 6.10. The Balaban J connectivity index is 2.00. The molecule has 4 rings (SSSR count). The first-order valence-electron chi connectivity index (χ1n) is 5.69. The molecule has 1 heteroatoms. The second-order valence-corrected chi connectivity index (χ2v) is 6.10. The predicted octanol–water partition coefficient (Wildman–Crippen LogP) is 2.55. The van der Waals surface area contributed by atoms with Gasteiger partial charge in [-0.25, -0.2) is 0 Å². The highest BCUT2D eigenvalue weighted by atomic mass is 16.1. The zero-order chi connectivity index (χ0) is 8.90. The predicted molar refractivity (Wildman–Crippen MR) is 49.2 cm³/mol. The number of hydrogen-bond acceptors (Lipinski definition) is 1. The van der Waals surface area contributed by atoms with E-state index in [0.717, 1.165) is 6.42 Å². The summed E-state index contributed by atoms with van der Waals surface area (Å²) in [5.74, 6) is 1.14. The van der Waals surface area contributed by atoms with Crippen LogP contribution in [0.5, 0.6) is 0 Å². The third kappa shape index (κ3) is 0.409. The van der Waals surface area contributed by atoms with Gasteiger partial charge in [-0.1, -0.05) is 13.3 Å². The van der Waals surface area contributed by atoms with Gasteiger partial charge in [0.1, 0.15) is 5.78 Å². The third-order valence-corrected chi connectivity index (χ3v) is 6.20. The lowest BCUT2D eigenvalue weighted by Gasteiger charge is -2.27. The van der Waals surface area contributed by atoms with E-state index >= 15 is 0 Å². The van der Waals surface area contributed by atoms with E-state index in [-0.39, 0.29) is 0 Å². The summed E-state index contributed by atoms with van der Waals surface area (Å²) in [4.78, 5) is 11.9. The van der Waals surface area contributed by atoms with Crippen molar-refractivity contribution in [2.75, 3.05) is 0 Å². The fourth-order valence-electron chi connectivity index (χ4n) is 5.91. The smallest absolute Gasteiger partial charge is 0.137 e. The summed E-state index contributed by atoms with van der Waals surface area (Å²) < 4.78 is 0. The van der Waals surface area contributed by atoms with Crippen LogP contribution < -0.4 is 0 Å². The molecular weight excluding hydrogens is 160 g/mol. The van der Waals surface area contributed by atoms with Crippen LogP contribution in [0.4, 0.5) is 0 Å². The highest BCUT2D eigenvalue weighted by Crippen LogP contribution is 2.93.